The van der Waals surface area contributed by atoms with Crippen LogP contribution in [0.2, 0.25) is 0 Å². The molecule has 0 bridgehead atoms. The van der Waals surface area contributed by atoms with Crippen molar-refractivity contribution < 1.29 is 29.3 Å². The van der Waals surface area contributed by atoms with Crippen LogP contribution in [0.1, 0.15) is 20.3 Å². The van der Waals surface area contributed by atoms with E-state index in [2.05, 4.69) is 9.47 Å². The minimum Gasteiger partial charge on any atom is -0.464 e. The summed E-state index contributed by atoms with van der Waals surface area (Å²) >= 11 is 0. The van der Waals surface area contributed by atoms with Crippen molar-refractivity contribution in [3.63, 3.8) is 0 Å². The molecule has 0 aromatic heterocycles. The van der Waals surface area contributed by atoms with Crippen LogP contribution in [0.4, 0.5) is 0 Å². The maximum absolute atomic E-state index is 10.7. The smallest absolute Gasteiger partial charge is 0.334 e. The molecule has 0 aromatic rings. The van der Waals surface area contributed by atoms with Gasteiger partial charge in [-0.25, -0.2) is 9.59 Å². The molecule has 88 valence electrons. The number of hydrogen-bond acceptors (Lipinski definition) is 6. The first-order chi connectivity index (χ1) is 6.95. The minimum absolute atomic E-state index is 0.0663. The third kappa shape index (κ3) is 6.87. The van der Waals surface area contributed by atoms with E-state index in [0.717, 1.165) is 0 Å². The molecule has 0 saturated carbocycles. The number of carbonyl (C=O) groups is 2. The van der Waals surface area contributed by atoms with Crippen LogP contribution in [0.15, 0.2) is 0 Å². The van der Waals surface area contributed by atoms with Gasteiger partial charge in [-0.2, -0.15) is 0 Å². The lowest BCUT2D eigenvalue weighted by atomic mass is 10.4. The van der Waals surface area contributed by atoms with E-state index in [0.29, 0.717) is 6.42 Å². The molecule has 2 atom stereocenters. The van der Waals surface area contributed by atoms with Gasteiger partial charge in [-0.15, -0.1) is 0 Å². The van der Waals surface area contributed by atoms with Gasteiger partial charge in [0.05, 0.1) is 13.2 Å². The average Bonchev–Trinajstić information content (AvgIpc) is 2.16. The Morgan fingerprint density at radius 2 is 1.33 bits per heavy atom. The normalized spacial score (nSPS) is 14.1. The maximum atomic E-state index is 10.7. The SMILES string of the molecule is CC(O)C(=O)OCCCOC(=O)C(C)O. The van der Waals surface area contributed by atoms with Gasteiger partial charge in [-0.1, -0.05) is 0 Å². The Balaban J connectivity index is 3.40. The Kier molecular flexibility index (Phi) is 6.64. The molecule has 6 nitrogen and oxygen atoms in total. The molecule has 0 aliphatic rings. The molecule has 0 aromatic carbocycles. The summed E-state index contributed by atoms with van der Waals surface area (Å²) in [4.78, 5) is 21.5. The molecule has 0 radical (unpaired) electrons. The first-order valence-corrected chi connectivity index (χ1v) is 4.64. The first-order valence-electron chi connectivity index (χ1n) is 4.64. The van der Waals surface area contributed by atoms with Crippen molar-refractivity contribution in [2.24, 2.45) is 0 Å². The van der Waals surface area contributed by atoms with Crippen molar-refractivity contribution in [1.29, 1.82) is 0 Å². The third-order valence-corrected chi connectivity index (χ3v) is 1.46. The summed E-state index contributed by atoms with van der Waals surface area (Å²) in [7, 11) is 0. The van der Waals surface area contributed by atoms with Gasteiger partial charge >= 0.3 is 11.9 Å². The maximum Gasteiger partial charge on any atom is 0.334 e. The van der Waals surface area contributed by atoms with Crippen LogP contribution in [0.3, 0.4) is 0 Å². The fourth-order valence-electron chi connectivity index (χ4n) is 0.646. The highest BCUT2D eigenvalue weighted by Crippen LogP contribution is 1.92. The topological polar surface area (TPSA) is 93.1 Å². The van der Waals surface area contributed by atoms with Gasteiger partial charge in [0.15, 0.2) is 0 Å². The Morgan fingerprint density at radius 3 is 1.60 bits per heavy atom. The van der Waals surface area contributed by atoms with E-state index >= 15 is 0 Å². The number of aliphatic hydroxyl groups is 2. The van der Waals surface area contributed by atoms with Crippen molar-refractivity contribution in [3.8, 4) is 0 Å². The molecule has 2 unspecified atom stereocenters. The lowest BCUT2D eigenvalue weighted by molar-refractivity contribution is -0.155. The standard InChI is InChI=1S/C9H16O6/c1-6(10)8(12)14-4-3-5-15-9(13)7(2)11/h6-7,10-11H,3-5H2,1-2H3. The molecule has 2 N–H and O–H groups in total. The number of hydrogen-bond donors (Lipinski definition) is 2. The minimum atomic E-state index is -1.15. The average molecular weight is 220 g/mol. The van der Waals surface area contributed by atoms with Gasteiger partial charge in [0.25, 0.3) is 0 Å². The number of esters is 2. The molecule has 0 heterocycles. The fourth-order valence-corrected chi connectivity index (χ4v) is 0.646. The van der Waals surface area contributed by atoms with E-state index in [-0.39, 0.29) is 13.2 Å². The van der Waals surface area contributed by atoms with Crippen LogP contribution in [-0.4, -0.2) is 47.6 Å². The molecule has 0 fully saturated rings. The molecule has 0 amide bonds. The van der Waals surface area contributed by atoms with E-state index in [9.17, 15) is 9.59 Å². The van der Waals surface area contributed by atoms with Gasteiger partial charge in [0, 0.05) is 6.42 Å². The molecule has 0 saturated heterocycles. The van der Waals surface area contributed by atoms with Gasteiger partial charge in [0.2, 0.25) is 0 Å². The predicted octanol–water partition coefficient (Wildman–Crippen LogP) is -0.776. The van der Waals surface area contributed by atoms with Gasteiger partial charge in [0.1, 0.15) is 12.2 Å². The quantitative estimate of drug-likeness (QED) is 0.451. The van der Waals surface area contributed by atoms with Crippen LogP contribution in [-0.2, 0) is 19.1 Å². The summed E-state index contributed by atoms with van der Waals surface area (Å²) in [6, 6.07) is 0. The third-order valence-electron chi connectivity index (χ3n) is 1.46. The van der Waals surface area contributed by atoms with Crippen molar-refractivity contribution >= 4 is 11.9 Å². The number of ether oxygens (including phenoxy) is 2. The molecular weight excluding hydrogens is 204 g/mol. The van der Waals surface area contributed by atoms with E-state index in [1.807, 2.05) is 0 Å². The summed E-state index contributed by atoms with van der Waals surface area (Å²) in [6.07, 6.45) is -1.97. The predicted molar refractivity (Wildman–Crippen MR) is 49.9 cm³/mol. The van der Waals surface area contributed by atoms with Crippen LogP contribution < -0.4 is 0 Å². The zero-order valence-corrected chi connectivity index (χ0v) is 8.80. The van der Waals surface area contributed by atoms with Crippen molar-refractivity contribution in [2.75, 3.05) is 13.2 Å². The zero-order valence-electron chi connectivity index (χ0n) is 8.80. The highest BCUT2D eigenvalue weighted by Gasteiger charge is 2.11. The highest BCUT2D eigenvalue weighted by molar-refractivity contribution is 5.74. The molecule has 15 heavy (non-hydrogen) atoms. The van der Waals surface area contributed by atoms with E-state index in [4.69, 9.17) is 10.2 Å². The van der Waals surface area contributed by atoms with E-state index in [1.54, 1.807) is 0 Å². The number of aliphatic hydroxyl groups excluding tert-OH is 2. The zero-order chi connectivity index (χ0) is 11.8. The number of rotatable bonds is 6. The highest BCUT2D eigenvalue weighted by atomic mass is 16.6. The van der Waals surface area contributed by atoms with Crippen LogP contribution >= 0.6 is 0 Å². The monoisotopic (exact) mass is 220 g/mol. The van der Waals surface area contributed by atoms with Crippen LogP contribution in [0, 0.1) is 0 Å². The Hall–Kier alpha value is -1.14. The molecular formula is C9H16O6. The summed E-state index contributed by atoms with van der Waals surface area (Å²) < 4.78 is 9.21. The number of carbonyl (C=O) groups excluding carboxylic acids is 2. The van der Waals surface area contributed by atoms with Crippen molar-refractivity contribution in [1.82, 2.24) is 0 Å². The molecule has 6 heteroatoms. The molecule has 0 aliphatic heterocycles. The lowest BCUT2D eigenvalue weighted by Crippen LogP contribution is -2.22. The molecule has 0 spiro atoms. The Labute approximate surface area is 87.8 Å². The largest absolute Gasteiger partial charge is 0.464 e. The second-order valence-electron chi connectivity index (χ2n) is 3.04. The fraction of sp³-hybridized carbons (Fsp3) is 0.778. The van der Waals surface area contributed by atoms with E-state index in [1.165, 1.54) is 13.8 Å². The van der Waals surface area contributed by atoms with Gasteiger partial charge < -0.3 is 19.7 Å². The Morgan fingerprint density at radius 1 is 1.00 bits per heavy atom. The van der Waals surface area contributed by atoms with Crippen molar-refractivity contribution in [2.45, 2.75) is 32.5 Å². The second-order valence-corrected chi connectivity index (χ2v) is 3.04. The van der Waals surface area contributed by atoms with Gasteiger partial charge in [-0.3, -0.25) is 0 Å². The summed E-state index contributed by atoms with van der Waals surface area (Å²) in [5, 5.41) is 17.5. The summed E-state index contributed by atoms with van der Waals surface area (Å²) in [5.41, 5.74) is 0. The molecule has 0 rings (SSSR count). The lowest BCUT2D eigenvalue weighted by Gasteiger charge is -2.08. The van der Waals surface area contributed by atoms with Crippen LogP contribution in [0.25, 0.3) is 0 Å². The van der Waals surface area contributed by atoms with Crippen molar-refractivity contribution in [3.05, 3.63) is 0 Å². The van der Waals surface area contributed by atoms with Crippen LogP contribution in [0.5, 0.6) is 0 Å². The molecule has 0 aliphatic carbocycles. The Bertz CT molecular complexity index is 189. The summed E-state index contributed by atoms with van der Waals surface area (Å²) in [6.45, 7) is 2.74. The van der Waals surface area contributed by atoms with E-state index < -0.39 is 24.1 Å². The first kappa shape index (κ1) is 13.9. The summed E-state index contributed by atoms with van der Waals surface area (Å²) in [5.74, 6) is -1.42. The second kappa shape index (κ2) is 7.19. The van der Waals surface area contributed by atoms with Gasteiger partial charge in [-0.05, 0) is 13.8 Å².